The molecule has 204 valence electrons. The normalized spacial score (nSPS) is 16.1. The molecule has 0 aliphatic carbocycles. The molecular formula is C28H27NO10. The molecule has 5 rings (SSSR count). The number of aromatic nitrogens is 1. The molecule has 0 amide bonds. The lowest BCUT2D eigenvalue weighted by Crippen LogP contribution is -2.14. The van der Waals surface area contributed by atoms with Crippen molar-refractivity contribution < 1.29 is 48.6 Å². The molecule has 3 heterocycles. The fourth-order valence-corrected chi connectivity index (χ4v) is 5.05. The second-order valence-electron chi connectivity index (χ2n) is 9.29. The third kappa shape index (κ3) is 4.34. The molecule has 2 aliphatic heterocycles. The zero-order chi connectivity index (χ0) is 28.0. The lowest BCUT2D eigenvalue weighted by atomic mass is 9.82. The van der Waals surface area contributed by atoms with Crippen LogP contribution in [0.15, 0.2) is 24.4 Å². The van der Waals surface area contributed by atoms with Gasteiger partial charge in [0.25, 0.3) is 0 Å². The van der Waals surface area contributed by atoms with E-state index in [0.717, 1.165) is 0 Å². The Balaban J connectivity index is 1.76. The largest absolute Gasteiger partial charge is 0.507 e. The zero-order valence-corrected chi connectivity index (χ0v) is 21.7. The molecule has 2 aromatic carbocycles. The number of Topliss-reactive ketones (excluding diaryl/α,β-unsaturated/α-hetero) is 1. The van der Waals surface area contributed by atoms with Crippen LogP contribution in [0.25, 0.3) is 0 Å². The van der Waals surface area contributed by atoms with Gasteiger partial charge < -0.3 is 39.0 Å². The first-order chi connectivity index (χ1) is 18.7. The van der Waals surface area contributed by atoms with Gasteiger partial charge in [-0.05, 0) is 37.6 Å². The van der Waals surface area contributed by atoms with Gasteiger partial charge in [-0.3, -0.25) is 14.6 Å². The number of hydrogen-bond acceptors (Lipinski definition) is 11. The van der Waals surface area contributed by atoms with Crippen LogP contribution in [0.5, 0.6) is 34.5 Å². The van der Waals surface area contributed by atoms with Gasteiger partial charge in [0.2, 0.25) is 12.5 Å². The Kier molecular flexibility index (Phi) is 6.69. The molecule has 39 heavy (non-hydrogen) atoms. The average Bonchev–Trinajstić information content (AvgIpc) is 3.57. The predicted octanol–water partition coefficient (Wildman–Crippen LogP) is 3.76. The number of carbonyl (C=O) groups excluding carboxylic acids is 2. The molecule has 0 spiro atoms. The molecule has 0 bridgehead atoms. The van der Waals surface area contributed by atoms with Gasteiger partial charge in [-0.2, -0.15) is 0 Å². The lowest BCUT2D eigenvalue weighted by molar-refractivity contribution is -0.140. The number of ether oxygens (including phenoxy) is 5. The van der Waals surface area contributed by atoms with Crippen molar-refractivity contribution in [2.75, 3.05) is 21.0 Å². The minimum absolute atomic E-state index is 0.0342. The maximum absolute atomic E-state index is 12.7. The summed E-state index contributed by atoms with van der Waals surface area (Å²) in [6.45, 7) is 2.98. The summed E-state index contributed by atoms with van der Waals surface area (Å²) >= 11 is 0. The maximum Gasteiger partial charge on any atom is 0.306 e. The second-order valence-corrected chi connectivity index (χ2v) is 9.29. The van der Waals surface area contributed by atoms with Gasteiger partial charge in [-0.25, -0.2) is 0 Å². The molecule has 0 saturated heterocycles. The second kappa shape index (κ2) is 9.99. The van der Waals surface area contributed by atoms with Crippen molar-refractivity contribution in [1.82, 2.24) is 4.98 Å². The van der Waals surface area contributed by atoms with Gasteiger partial charge in [-0.15, -0.1) is 0 Å². The summed E-state index contributed by atoms with van der Waals surface area (Å²) in [4.78, 5) is 29.4. The van der Waals surface area contributed by atoms with Crippen molar-refractivity contribution in [1.29, 1.82) is 0 Å². The number of aryl methyl sites for hydroxylation is 1. The number of carbonyl (C=O) groups is 2. The summed E-state index contributed by atoms with van der Waals surface area (Å²) in [6, 6.07) is 4.54. The fourth-order valence-electron chi connectivity index (χ4n) is 5.05. The highest BCUT2D eigenvalue weighted by molar-refractivity contribution is 5.98. The Bertz CT molecular complexity index is 1500. The highest BCUT2D eigenvalue weighted by Gasteiger charge is 2.37. The number of phenols is 2. The quantitative estimate of drug-likeness (QED) is 0.298. The van der Waals surface area contributed by atoms with Crippen LogP contribution < -0.4 is 14.2 Å². The van der Waals surface area contributed by atoms with Crippen LogP contribution in [0.3, 0.4) is 0 Å². The van der Waals surface area contributed by atoms with E-state index in [1.807, 2.05) is 0 Å². The summed E-state index contributed by atoms with van der Waals surface area (Å²) in [6.07, 6.45) is 0.301. The average molecular weight is 538 g/mol. The van der Waals surface area contributed by atoms with Crippen LogP contribution >= 0.6 is 0 Å². The van der Waals surface area contributed by atoms with E-state index >= 15 is 0 Å². The first-order valence-electron chi connectivity index (χ1n) is 12.1. The Labute approximate surface area is 223 Å². The minimum atomic E-state index is -1.01. The van der Waals surface area contributed by atoms with Crippen molar-refractivity contribution in [3.05, 3.63) is 63.5 Å². The van der Waals surface area contributed by atoms with Crippen molar-refractivity contribution in [3.63, 3.8) is 0 Å². The Morgan fingerprint density at radius 1 is 1.10 bits per heavy atom. The van der Waals surface area contributed by atoms with Gasteiger partial charge >= 0.3 is 5.97 Å². The Hall–Kier alpha value is -4.51. The first kappa shape index (κ1) is 26.1. The molecule has 11 nitrogen and oxygen atoms in total. The molecule has 0 fully saturated rings. The van der Waals surface area contributed by atoms with Crippen LogP contribution in [0.4, 0.5) is 0 Å². The summed E-state index contributed by atoms with van der Waals surface area (Å²) < 4.78 is 27.3. The molecule has 3 aromatic rings. The van der Waals surface area contributed by atoms with Crippen LogP contribution in [-0.2, 0) is 20.9 Å². The smallest absolute Gasteiger partial charge is 0.306 e. The van der Waals surface area contributed by atoms with Crippen molar-refractivity contribution in [2.24, 2.45) is 0 Å². The molecule has 2 aliphatic rings. The van der Waals surface area contributed by atoms with Crippen molar-refractivity contribution >= 4 is 11.8 Å². The van der Waals surface area contributed by atoms with Crippen LogP contribution in [0.2, 0.25) is 0 Å². The number of phenolic OH excluding ortho intramolecular Hbond substituents is 2. The maximum atomic E-state index is 12.7. The highest BCUT2D eigenvalue weighted by atomic mass is 16.7. The number of pyridine rings is 1. The van der Waals surface area contributed by atoms with Gasteiger partial charge in [0.15, 0.2) is 17.3 Å². The summed E-state index contributed by atoms with van der Waals surface area (Å²) in [7, 11) is 2.66. The molecular weight excluding hydrogens is 510 g/mol. The predicted molar refractivity (Wildman–Crippen MR) is 135 cm³/mol. The van der Waals surface area contributed by atoms with Gasteiger partial charge in [0.1, 0.15) is 23.4 Å². The van der Waals surface area contributed by atoms with Crippen LogP contribution in [-0.4, -0.2) is 53.1 Å². The third-order valence-electron chi connectivity index (χ3n) is 7.06. The summed E-state index contributed by atoms with van der Waals surface area (Å²) in [5.41, 5.74) is 1.76. The number of methoxy groups -OCH3 is 2. The number of rotatable bonds is 7. The Morgan fingerprint density at radius 3 is 2.56 bits per heavy atom. The Morgan fingerprint density at radius 2 is 1.87 bits per heavy atom. The molecule has 2 atom stereocenters. The SMILES string of the molecule is COC(=O)C[C@@H](c1cc(OC)c2c(c1)OCO2)c1c(O)c(C(C)=O)cc([C@H]2OCc3cnc(C)c(O)c32)c1O. The number of benzene rings is 2. The van der Waals surface area contributed by atoms with Gasteiger partial charge in [0.05, 0.1) is 38.5 Å². The monoisotopic (exact) mass is 537 g/mol. The standard InChI is InChI=1S/C28H27NO10/c1-12-24(32)22-15(9-29-12)10-37-27(22)18-7-16(13(2)30)25(33)23(26(18)34)17(8-21(31)36-4)14-5-19(35-3)28-20(6-14)38-11-39-28/h5-7,9,17,27,32-34H,8,10-11H2,1-4H3/t17-,27+/m0/s1. The molecule has 0 saturated carbocycles. The summed E-state index contributed by atoms with van der Waals surface area (Å²) in [5.74, 6) is -2.08. The van der Waals surface area contributed by atoms with Crippen LogP contribution in [0, 0.1) is 6.92 Å². The molecule has 1 aromatic heterocycles. The third-order valence-corrected chi connectivity index (χ3v) is 7.06. The van der Waals surface area contributed by atoms with Crippen molar-refractivity contribution in [2.45, 2.75) is 38.9 Å². The molecule has 0 radical (unpaired) electrons. The molecule has 3 N–H and O–H groups in total. The van der Waals surface area contributed by atoms with E-state index in [0.29, 0.717) is 39.6 Å². The highest BCUT2D eigenvalue weighted by Crippen LogP contribution is 2.52. The van der Waals surface area contributed by atoms with E-state index in [-0.39, 0.29) is 42.3 Å². The van der Waals surface area contributed by atoms with E-state index < -0.39 is 35.3 Å². The first-order valence-corrected chi connectivity index (χ1v) is 12.1. The molecule has 11 heteroatoms. The van der Waals surface area contributed by atoms with E-state index in [1.54, 1.807) is 25.3 Å². The number of esters is 1. The zero-order valence-electron chi connectivity index (χ0n) is 21.7. The van der Waals surface area contributed by atoms with E-state index in [4.69, 9.17) is 23.7 Å². The number of fused-ring (bicyclic) bond motifs is 2. The summed E-state index contributed by atoms with van der Waals surface area (Å²) in [5, 5.41) is 33.8. The van der Waals surface area contributed by atoms with Gasteiger partial charge in [0, 0.05) is 34.4 Å². The lowest BCUT2D eigenvalue weighted by Gasteiger charge is -2.25. The van der Waals surface area contributed by atoms with E-state index in [9.17, 15) is 24.9 Å². The number of hydrogen-bond donors (Lipinski definition) is 3. The topological polar surface area (TPSA) is 154 Å². The number of aromatic hydroxyl groups is 3. The number of nitrogens with zero attached hydrogens (tertiary/aromatic N) is 1. The van der Waals surface area contributed by atoms with E-state index in [2.05, 4.69) is 4.98 Å². The van der Waals surface area contributed by atoms with Crippen LogP contribution in [0.1, 0.15) is 69.2 Å². The van der Waals surface area contributed by atoms with Crippen molar-refractivity contribution in [3.8, 4) is 34.5 Å². The fraction of sp³-hybridized carbons (Fsp3) is 0.321. The molecule has 0 unspecified atom stereocenters. The van der Waals surface area contributed by atoms with E-state index in [1.165, 1.54) is 27.2 Å². The van der Waals surface area contributed by atoms with Gasteiger partial charge in [-0.1, -0.05) is 0 Å². The minimum Gasteiger partial charge on any atom is -0.507 e. The number of ketones is 1.